The van der Waals surface area contributed by atoms with Gasteiger partial charge in [-0.2, -0.15) is 5.10 Å². The molecular weight excluding hydrogens is 384 g/mol. The number of alkyl halides is 1. The Kier molecular flexibility index (Phi) is 6.26. The summed E-state index contributed by atoms with van der Waals surface area (Å²) >= 11 is 6.24. The highest BCUT2D eigenvalue weighted by Crippen LogP contribution is 2.52. The van der Waals surface area contributed by atoms with Crippen molar-refractivity contribution < 1.29 is 23.7 Å². The summed E-state index contributed by atoms with van der Waals surface area (Å²) in [6, 6.07) is 8.81. The maximum Gasteiger partial charge on any atom is 0.271 e. The quantitative estimate of drug-likeness (QED) is 0.435. The lowest BCUT2D eigenvalue weighted by molar-refractivity contribution is 0.0955. The summed E-state index contributed by atoms with van der Waals surface area (Å²) < 4.78 is 22.2. The molecule has 2 aromatic rings. The highest BCUT2D eigenvalue weighted by Gasteiger charge is 2.31. The molecule has 8 heteroatoms. The minimum atomic E-state index is -0.323. The van der Waals surface area contributed by atoms with E-state index in [4.69, 9.17) is 30.5 Å². The van der Waals surface area contributed by atoms with E-state index in [0.717, 1.165) is 5.56 Å². The first kappa shape index (κ1) is 19.8. The lowest BCUT2D eigenvalue weighted by Gasteiger charge is -2.18. The molecule has 1 unspecified atom stereocenters. The van der Waals surface area contributed by atoms with Gasteiger partial charge in [0, 0.05) is 22.1 Å². The molecule has 28 heavy (non-hydrogen) atoms. The highest BCUT2D eigenvalue weighted by atomic mass is 35.5. The summed E-state index contributed by atoms with van der Waals surface area (Å²) in [6.07, 6.45) is 1.98. The number of rotatable bonds is 7. The molecule has 0 fully saturated rings. The third kappa shape index (κ3) is 3.99. The lowest BCUT2D eigenvalue weighted by atomic mass is 9.99. The zero-order valence-corrected chi connectivity index (χ0v) is 16.6. The minimum absolute atomic E-state index is 0.0588. The maximum absolute atomic E-state index is 12.2. The molecule has 0 spiro atoms. The number of amides is 1. The topological polar surface area (TPSA) is 78.4 Å². The summed E-state index contributed by atoms with van der Waals surface area (Å²) in [4.78, 5) is 12.2. The van der Waals surface area contributed by atoms with Gasteiger partial charge in [-0.15, -0.1) is 11.6 Å². The molecule has 1 aliphatic rings. The molecule has 0 radical (unpaired) electrons. The second-order valence-corrected chi connectivity index (χ2v) is 6.82. The normalized spacial score (nSPS) is 13.4. The number of nitrogens with one attached hydrogen (secondary N) is 1. The van der Waals surface area contributed by atoms with E-state index in [1.54, 1.807) is 31.4 Å². The average Bonchev–Trinajstić information content (AvgIpc) is 3.17. The third-order valence-corrected chi connectivity index (χ3v) is 4.31. The van der Waals surface area contributed by atoms with Crippen LogP contribution in [0.5, 0.6) is 23.0 Å². The van der Waals surface area contributed by atoms with Crippen LogP contribution in [0.2, 0.25) is 0 Å². The average molecular weight is 405 g/mol. The van der Waals surface area contributed by atoms with Gasteiger partial charge in [0.1, 0.15) is 0 Å². The van der Waals surface area contributed by atoms with Crippen LogP contribution in [0.25, 0.3) is 0 Å². The molecule has 3 rings (SSSR count). The summed E-state index contributed by atoms with van der Waals surface area (Å²) in [5.41, 5.74) is 4.37. The van der Waals surface area contributed by atoms with E-state index in [9.17, 15) is 4.79 Å². The van der Waals surface area contributed by atoms with Crippen LogP contribution in [0.4, 0.5) is 0 Å². The smallest absolute Gasteiger partial charge is 0.271 e. The van der Waals surface area contributed by atoms with Gasteiger partial charge in [-0.05, 0) is 25.5 Å². The molecule has 0 aromatic heterocycles. The maximum atomic E-state index is 12.2. The van der Waals surface area contributed by atoms with Crippen LogP contribution in [0.15, 0.2) is 35.4 Å². The van der Waals surface area contributed by atoms with Crippen molar-refractivity contribution in [3.8, 4) is 23.0 Å². The van der Waals surface area contributed by atoms with Gasteiger partial charge in [-0.1, -0.05) is 18.2 Å². The molecule has 2 aromatic carbocycles. The molecule has 0 bridgehead atoms. The highest BCUT2D eigenvalue weighted by molar-refractivity contribution is 6.20. The Morgan fingerprint density at radius 2 is 1.86 bits per heavy atom. The van der Waals surface area contributed by atoms with Crippen LogP contribution >= 0.6 is 11.6 Å². The zero-order valence-electron chi connectivity index (χ0n) is 15.8. The Hall–Kier alpha value is -2.93. The van der Waals surface area contributed by atoms with Crippen molar-refractivity contribution >= 4 is 23.7 Å². The predicted molar refractivity (Wildman–Crippen MR) is 106 cm³/mol. The molecule has 148 valence electrons. The van der Waals surface area contributed by atoms with Gasteiger partial charge in [0.2, 0.25) is 18.3 Å². The number of benzene rings is 2. The molecule has 7 nitrogen and oxygen atoms in total. The van der Waals surface area contributed by atoms with Crippen LogP contribution in [0.1, 0.15) is 28.4 Å². The Labute approximate surface area is 168 Å². The molecule has 0 saturated heterocycles. The first-order valence-electron chi connectivity index (χ1n) is 8.65. The van der Waals surface area contributed by atoms with Crippen molar-refractivity contribution in [3.05, 3.63) is 47.0 Å². The number of carbonyl (C=O) groups is 1. The summed E-state index contributed by atoms with van der Waals surface area (Å²) in [7, 11) is 3.07. The third-order valence-electron chi connectivity index (χ3n) is 4.16. The predicted octanol–water partition coefficient (Wildman–Crippen LogP) is 3.37. The number of halogens is 1. The van der Waals surface area contributed by atoms with Crippen molar-refractivity contribution in [1.29, 1.82) is 0 Å². The Morgan fingerprint density at radius 3 is 2.46 bits per heavy atom. The number of carbonyl (C=O) groups excluding carboxylic acids is 1. The first-order valence-corrected chi connectivity index (χ1v) is 9.09. The molecule has 1 atom stereocenters. The molecule has 0 saturated carbocycles. The standard InChI is InChI=1S/C20H21ClN2O5/c1-12(21)9-14-15(10-22-23-20(24)13-7-5-4-6-8-13)17(26-3)19-18(16(14)25-2)27-11-28-19/h4-8,10,12H,9,11H2,1-3H3,(H,23,24)/b22-10+. The van der Waals surface area contributed by atoms with Crippen LogP contribution in [0, 0.1) is 0 Å². The Morgan fingerprint density at radius 1 is 1.21 bits per heavy atom. The number of methoxy groups -OCH3 is 2. The second-order valence-electron chi connectivity index (χ2n) is 6.07. The summed E-state index contributed by atoms with van der Waals surface area (Å²) in [5.74, 6) is 1.53. The second kappa shape index (κ2) is 8.84. The van der Waals surface area contributed by atoms with Crippen molar-refractivity contribution in [1.82, 2.24) is 5.43 Å². The fourth-order valence-corrected chi connectivity index (χ4v) is 3.14. The molecule has 1 aliphatic heterocycles. The largest absolute Gasteiger partial charge is 0.492 e. The Bertz CT molecular complexity index is 884. The first-order chi connectivity index (χ1) is 13.6. The van der Waals surface area contributed by atoms with Gasteiger partial charge in [0.25, 0.3) is 5.91 Å². The van der Waals surface area contributed by atoms with Crippen molar-refractivity contribution in [3.63, 3.8) is 0 Å². The number of nitrogens with zero attached hydrogens (tertiary/aromatic N) is 1. The fourth-order valence-electron chi connectivity index (χ4n) is 2.98. The van der Waals surface area contributed by atoms with Crippen molar-refractivity contribution in [2.75, 3.05) is 21.0 Å². The van der Waals surface area contributed by atoms with Crippen LogP contribution in [-0.4, -0.2) is 38.5 Å². The molecular formula is C20H21ClN2O5. The monoisotopic (exact) mass is 404 g/mol. The van der Waals surface area contributed by atoms with E-state index in [1.165, 1.54) is 13.3 Å². The summed E-state index contributed by atoms with van der Waals surface area (Å²) in [6.45, 7) is 1.93. The van der Waals surface area contributed by atoms with E-state index in [0.29, 0.717) is 40.5 Å². The van der Waals surface area contributed by atoms with E-state index >= 15 is 0 Å². The molecule has 0 aliphatic carbocycles. The van der Waals surface area contributed by atoms with Crippen LogP contribution < -0.4 is 24.4 Å². The molecule has 1 N–H and O–H groups in total. The van der Waals surface area contributed by atoms with E-state index in [-0.39, 0.29) is 18.1 Å². The zero-order chi connectivity index (χ0) is 20.1. The van der Waals surface area contributed by atoms with Crippen molar-refractivity contribution in [2.45, 2.75) is 18.7 Å². The van der Waals surface area contributed by atoms with Crippen LogP contribution in [0.3, 0.4) is 0 Å². The fraction of sp³-hybridized carbons (Fsp3) is 0.300. The minimum Gasteiger partial charge on any atom is -0.492 e. The summed E-state index contributed by atoms with van der Waals surface area (Å²) in [5, 5.41) is 3.92. The number of ether oxygens (including phenoxy) is 4. The van der Waals surface area contributed by atoms with E-state index in [2.05, 4.69) is 10.5 Å². The van der Waals surface area contributed by atoms with Gasteiger partial charge in [-0.25, -0.2) is 5.43 Å². The van der Waals surface area contributed by atoms with Gasteiger partial charge < -0.3 is 18.9 Å². The van der Waals surface area contributed by atoms with Gasteiger partial charge in [0.15, 0.2) is 11.5 Å². The van der Waals surface area contributed by atoms with Gasteiger partial charge in [-0.3, -0.25) is 4.79 Å². The molecule has 1 amide bonds. The molecule has 1 heterocycles. The number of hydrogen-bond acceptors (Lipinski definition) is 6. The lowest BCUT2D eigenvalue weighted by Crippen LogP contribution is -2.17. The van der Waals surface area contributed by atoms with Crippen LogP contribution in [-0.2, 0) is 6.42 Å². The van der Waals surface area contributed by atoms with Gasteiger partial charge >= 0.3 is 0 Å². The van der Waals surface area contributed by atoms with E-state index < -0.39 is 0 Å². The number of hydrogen-bond donors (Lipinski definition) is 1. The number of fused-ring (bicyclic) bond motifs is 1. The van der Waals surface area contributed by atoms with Gasteiger partial charge in [0.05, 0.1) is 20.4 Å². The van der Waals surface area contributed by atoms with E-state index in [1.807, 2.05) is 13.0 Å². The Balaban J connectivity index is 1.99. The van der Waals surface area contributed by atoms with Crippen molar-refractivity contribution in [2.24, 2.45) is 5.10 Å². The number of hydrazone groups is 1. The SMILES string of the molecule is COc1c(/C=N/NC(=O)c2ccccc2)c(CC(C)Cl)c(OC)c2c1OCO2.